The highest BCUT2D eigenvalue weighted by Crippen LogP contribution is 2.28. The van der Waals surface area contributed by atoms with Crippen LogP contribution < -0.4 is 0 Å². The second-order valence-corrected chi connectivity index (χ2v) is 2.80. The molecule has 2 nitrogen and oxygen atoms in total. The second-order valence-electron chi connectivity index (χ2n) is 2.80. The van der Waals surface area contributed by atoms with Crippen LogP contribution in [0.3, 0.4) is 0 Å². The van der Waals surface area contributed by atoms with Crippen LogP contribution in [0.1, 0.15) is 11.1 Å². The SMILES string of the molecule is C/[N+]([O-])=C\c1ccc(C(F)(F)F)cc1. The van der Waals surface area contributed by atoms with E-state index < -0.39 is 11.7 Å². The van der Waals surface area contributed by atoms with E-state index in [1.54, 1.807) is 0 Å². The van der Waals surface area contributed by atoms with Crippen molar-refractivity contribution in [1.82, 2.24) is 0 Å². The second kappa shape index (κ2) is 3.69. The van der Waals surface area contributed by atoms with Crippen molar-refractivity contribution >= 4 is 6.21 Å². The van der Waals surface area contributed by atoms with Crippen molar-refractivity contribution in [2.24, 2.45) is 0 Å². The molecule has 0 aliphatic rings. The molecule has 0 unspecified atom stereocenters. The van der Waals surface area contributed by atoms with Crippen molar-refractivity contribution in [1.29, 1.82) is 0 Å². The summed E-state index contributed by atoms with van der Waals surface area (Å²) in [7, 11) is 1.26. The summed E-state index contributed by atoms with van der Waals surface area (Å²) in [6.07, 6.45) is -3.14. The summed E-state index contributed by atoms with van der Waals surface area (Å²) in [5, 5.41) is 10.5. The van der Waals surface area contributed by atoms with Crippen LogP contribution in [0, 0.1) is 5.21 Å². The van der Waals surface area contributed by atoms with E-state index in [1.807, 2.05) is 0 Å². The topological polar surface area (TPSA) is 26.1 Å². The van der Waals surface area contributed by atoms with Crippen molar-refractivity contribution in [3.8, 4) is 0 Å². The van der Waals surface area contributed by atoms with Crippen molar-refractivity contribution in [3.05, 3.63) is 40.6 Å². The molecule has 0 heterocycles. The van der Waals surface area contributed by atoms with E-state index in [9.17, 15) is 18.4 Å². The van der Waals surface area contributed by atoms with Crippen LogP contribution in [0.4, 0.5) is 13.2 Å². The minimum atomic E-state index is -4.33. The number of hydrogen-bond acceptors (Lipinski definition) is 1. The van der Waals surface area contributed by atoms with E-state index in [0.717, 1.165) is 12.1 Å². The molecular formula is C9H8F3NO. The van der Waals surface area contributed by atoms with Gasteiger partial charge in [0, 0.05) is 5.56 Å². The molecule has 0 aliphatic heterocycles. The van der Waals surface area contributed by atoms with Gasteiger partial charge in [0.05, 0.1) is 5.56 Å². The van der Waals surface area contributed by atoms with Gasteiger partial charge >= 0.3 is 6.18 Å². The molecule has 0 saturated carbocycles. The summed E-state index contributed by atoms with van der Waals surface area (Å²) in [5.41, 5.74) is -0.279. The average Bonchev–Trinajstić information content (AvgIpc) is 2.02. The molecular weight excluding hydrogens is 195 g/mol. The van der Waals surface area contributed by atoms with Crippen molar-refractivity contribution in [2.45, 2.75) is 6.18 Å². The first-order chi connectivity index (χ1) is 6.39. The maximum Gasteiger partial charge on any atom is 0.416 e. The third kappa shape index (κ3) is 2.76. The summed E-state index contributed by atoms with van der Waals surface area (Å²) in [4.78, 5) is 0. The fraction of sp³-hybridized carbons (Fsp3) is 0.222. The monoisotopic (exact) mass is 203 g/mol. The number of halogens is 3. The molecule has 0 atom stereocenters. The first kappa shape index (κ1) is 10.6. The van der Waals surface area contributed by atoms with Crippen molar-refractivity contribution < 1.29 is 17.9 Å². The van der Waals surface area contributed by atoms with Gasteiger partial charge in [-0.3, -0.25) is 0 Å². The summed E-state index contributed by atoms with van der Waals surface area (Å²) in [6, 6.07) is 4.37. The molecule has 0 spiro atoms. The fourth-order valence-electron chi connectivity index (χ4n) is 0.968. The van der Waals surface area contributed by atoms with Crippen LogP contribution in [0.2, 0.25) is 0 Å². The predicted molar refractivity (Wildman–Crippen MR) is 46.2 cm³/mol. The zero-order chi connectivity index (χ0) is 10.8. The van der Waals surface area contributed by atoms with Gasteiger partial charge in [-0.05, 0) is 24.3 Å². The molecule has 1 aromatic rings. The van der Waals surface area contributed by atoms with Gasteiger partial charge < -0.3 is 5.21 Å². The van der Waals surface area contributed by atoms with Crippen LogP contribution in [0.25, 0.3) is 0 Å². The molecule has 0 fully saturated rings. The lowest BCUT2D eigenvalue weighted by Crippen LogP contribution is -2.05. The number of nitrogens with zero attached hydrogens (tertiary/aromatic N) is 1. The highest BCUT2D eigenvalue weighted by atomic mass is 19.4. The lowest BCUT2D eigenvalue weighted by molar-refractivity contribution is -0.416. The third-order valence-electron chi connectivity index (χ3n) is 1.57. The zero-order valence-electron chi connectivity index (χ0n) is 7.38. The van der Waals surface area contributed by atoms with Crippen LogP contribution in [-0.4, -0.2) is 18.0 Å². The van der Waals surface area contributed by atoms with Gasteiger partial charge in [0.1, 0.15) is 7.05 Å². The standard InChI is InChI=1S/C9H8F3NO/c1-13(14)6-7-2-4-8(5-3-7)9(10,11)12/h2-6H,1H3/b13-6+. The van der Waals surface area contributed by atoms with Gasteiger partial charge in [-0.1, -0.05) is 0 Å². The maximum absolute atomic E-state index is 12.1. The Labute approximate surface area is 78.9 Å². The Kier molecular flexibility index (Phi) is 2.78. The molecule has 0 N–H and O–H groups in total. The van der Waals surface area contributed by atoms with Gasteiger partial charge in [-0.15, -0.1) is 0 Å². The number of alkyl halides is 3. The van der Waals surface area contributed by atoms with Crippen molar-refractivity contribution in [2.75, 3.05) is 7.05 Å². The Morgan fingerprint density at radius 1 is 1.21 bits per heavy atom. The number of rotatable bonds is 1. The average molecular weight is 203 g/mol. The Balaban J connectivity index is 2.95. The zero-order valence-corrected chi connectivity index (χ0v) is 7.38. The van der Waals surface area contributed by atoms with E-state index in [2.05, 4.69) is 0 Å². The van der Waals surface area contributed by atoms with E-state index in [0.29, 0.717) is 10.3 Å². The van der Waals surface area contributed by atoms with Crippen LogP contribution in [0.5, 0.6) is 0 Å². The molecule has 1 rings (SSSR count). The Morgan fingerprint density at radius 2 is 1.71 bits per heavy atom. The van der Waals surface area contributed by atoms with Gasteiger partial charge in [-0.2, -0.15) is 13.2 Å². The lowest BCUT2D eigenvalue weighted by Gasteiger charge is -2.05. The molecule has 5 heteroatoms. The quantitative estimate of drug-likeness (QED) is 0.297. The third-order valence-corrected chi connectivity index (χ3v) is 1.57. The Bertz CT molecular complexity index is 336. The molecule has 0 aliphatic carbocycles. The smallest absolute Gasteiger partial charge is 0.416 e. The molecule has 14 heavy (non-hydrogen) atoms. The summed E-state index contributed by atoms with van der Waals surface area (Å²) < 4.78 is 36.8. The van der Waals surface area contributed by atoms with Crippen LogP contribution in [-0.2, 0) is 6.18 Å². The molecule has 0 radical (unpaired) electrons. The van der Waals surface area contributed by atoms with E-state index in [1.165, 1.54) is 25.4 Å². The normalized spacial score (nSPS) is 13.0. The highest BCUT2D eigenvalue weighted by molar-refractivity contribution is 5.75. The predicted octanol–water partition coefficient (Wildman–Crippen LogP) is 2.26. The largest absolute Gasteiger partial charge is 0.624 e. The van der Waals surface area contributed by atoms with Gasteiger partial charge in [0.2, 0.25) is 0 Å². The summed E-state index contributed by atoms with van der Waals surface area (Å²) in [6.45, 7) is 0. The summed E-state index contributed by atoms with van der Waals surface area (Å²) in [5.74, 6) is 0. The highest BCUT2D eigenvalue weighted by Gasteiger charge is 2.29. The van der Waals surface area contributed by atoms with Gasteiger partial charge in [0.15, 0.2) is 6.21 Å². The minimum Gasteiger partial charge on any atom is -0.624 e. The van der Waals surface area contributed by atoms with Crippen LogP contribution >= 0.6 is 0 Å². The molecule has 0 saturated heterocycles. The maximum atomic E-state index is 12.1. The fourth-order valence-corrected chi connectivity index (χ4v) is 0.968. The van der Waals surface area contributed by atoms with Gasteiger partial charge in [0.25, 0.3) is 0 Å². The van der Waals surface area contributed by atoms with Gasteiger partial charge in [-0.25, -0.2) is 4.74 Å². The van der Waals surface area contributed by atoms with E-state index in [-0.39, 0.29) is 0 Å². The first-order valence-corrected chi connectivity index (χ1v) is 3.81. The molecule has 76 valence electrons. The van der Waals surface area contributed by atoms with Crippen molar-refractivity contribution in [3.63, 3.8) is 0 Å². The molecule has 0 amide bonds. The summed E-state index contributed by atoms with van der Waals surface area (Å²) >= 11 is 0. The minimum absolute atomic E-state index is 0.440. The molecule has 0 bridgehead atoms. The number of benzene rings is 1. The Hall–Kier alpha value is -1.52. The van der Waals surface area contributed by atoms with E-state index >= 15 is 0 Å². The number of hydroxylamine groups is 1. The Morgan fingerprint density at radius 3 is 2.07 bits per heavy atom. The molecule has 1 aromatic carbocycles. The van der Waals surface area contributed by atoms with E-state index in [4.69, 9.17) is 0 Å². The molecule has 0 aromatic heterocycles. The van der Waals surface area contributed by atoms with Crippen LogP contribution in [0.15, 0.2) is 24.3 Å². The first-order valence-electron chi connectivity index (χ1n) is 3.81. The number of hydrogen-bond donors (Lipinski definition) is 0. The lowest BCUT2D eigenvalue weighted by atomic mass is 10.1.